The first-order valence-electron chi connectivity index (χ1n) is 6.63. The predicted molar refractivity (Wildman–Crippen MR) is 72.0 cm³/mol. The lowest BCUT2D eigenvalue weighted by atomic mass is 10.00. The maximum atomic E-state index is 12.1. The Morgan fingerprint density at radius 2 is 2.14 bits per heavy atom. The summed E-state index contributed by atoms with van der Waals surface area (Å²) in [6, 6.07) is 7.33. The number of fused-ring (bicyclic) bond motifs is 1. The minimum Gasteiger partial charge on any atom is -0.493 e. The molecule has 2 N–H and O–H groups in total. The van der Waals surface area contributed by atoms with Crippen LogP contribution in [-0.4, -0.2) is 35.4 Å². The number of oxime groups is 1. The summed E-state index contributed by atoms with van der Waals surface area (Å²) in [5, 5.41) is 15.1. The van der Waals surface area contributed by atoms with E-state index in [4.69, 9.17) is 14.7 Å². The van der Waals surface area contributed by atoms with E-state index in [1.807, 2.05) is 24.3 Å². The molecule has 2 aliphatic rings. The van der Waals surface area contributed by atoms with Crippen LogP contribution in [0.5, 0.6) is 5.75 Å². The van der Waals surface area contributed by atoms with Crippen LogP contribution in [-0.2, 0) is 14.4 Å². The van der Waals surface area contributed by atoms with Crippen molar-refractivity contribution in [2.75, 3.05) is 6.61 Å². The number of rotatable bonds is 3. The molecule has 0 aromatic heterocycles. The van der Waals surface area contributed by atoms with Crippen LogP contribution in [0.1, 0.15) is 24.4 Å². The van der Waals surface area contributed by atoms with Crippen molar-refractivity contribution in [3.05, 3.63) is 29.8 Å². The maximum Gasteiger partial charge on any atom is 0.353 e. The normalized spacial score (nSPS) is 23.3. The van der Waals surface area contributed by atoms with Gasteiger partial charge in [-0.1, -0.05) is 23.4 Å². The third-order valence-electron chi connectivity index (χ3n) is 3.48. The van der Waals surface area contributed by atoms with Crippen LogP contribution >= 0.6 is 0 Å². The molecule has 1 aromatic rings. The summed E-state index contributed by atoms with van der Waals surface area (Å²) in [6.07, 6.45) is -0.250. The zero-order chi connectivity index (χ0) is 14.8. The number of nitrogens with one attached hydrogen (secondary N) is 1. The number of carboxylic acid groups (broad SMARTS) is 1. The number of carbonyl (C=O) groups excluding carboxylic acids is 1. The molecule has 1 amide bonds. The quantitative estimate of drug-likeness (QED) is 0.860. The standard InChI is InChI=1S/C14H14N2O5/c17-13(12-7-10(14(18)19)16-21-12)15-9-5-6-20-11-4-2-1-3-8(9)11/h1-4,9,12H,5-7H2,(H,15,17)(H,18,19). The molecule has 1 aromatic carbocycles. The molecule has 0 aliphatic carbocycles. The van der Waals surface area contributed by atoms with Crippen LogP contribution < -0.4 is 10.1 Å². The summed E-state index contributed by atoms with van der Waals surface area (Å²) in [4.78, 5) is 27.8. The SMILES string of the molecule is O=C(O)C1=NOC(C(=O)NC2CCOc3ccccc32)C1. The van der Waals surface area contributed by atoms with Crippen molar-refractivity contribution in [3.63, 3.8) is 0 Å². The van der Waals surface area contributed by atoms with Gasteiger partial charge in [-0.15, -0.1) is 0 Å². The highest BCUT2D eigenvalue weighted by molar-refractivity contribution is 6.36. The molecule has 0 spiro atoms. The number of amides is 1. The van der Waals surface area contributed by atoms with Gasteiger partial charge in [0.2, 0.25) is 6.10 Å². The van der Waals surface area contributed by atoms with E-state index in [1.54, 1.807) is 0 Å². The first-order chi connectivity index (χ1) is 10.1. The Bertz CT molecular complexity index is 613. The van der Waals surface area contributed by atoms with Crippen molar-refractivity contribution in [3.8, 4) is 5.75 Å². The average Bonchev–Trinajstić information content (AvgIpc) is 2.98. The number of benzene rings is 1. The van der Waals surface area contributed by atoms with Crippen LogP contribution in [0.3, 0.4) is 0 Å². The van der Waals surface area contributed by atoms with Gasteiger partial charge in [0, 0.05) is 18.4 Å². The van der Waals surface area contributed by atoms with Gasteiger partial charge >= 0.3 is 5.97 Å². The van der Waals surface area contributed by atoms with Gasteiger partial charge in [0.1, 0.15) is 5.75 Å². The van der Waals surface area contributed by atoms with Gasteiger partial charge in [-0.2, -0.15) is 0 Å². The number of hydrogen-bond acceptors (Lipinski definition) is 5. The number of carbonyl (C=O) groups is 2. The van der Waals surface area contributed by atoms with Crippen LogP contribution in [0.15, 0.2) is 29.4 Å². The Labute approximate surface area is 120 Å². The van der Waals surface area contributed by atoms with Gasteiger partial charge in [-0.3, -0.25) is 4.79 Å². The first kappa shape index (κ1) is 13.4. The Kier molecular flexibility index (Phi) is 3.47. The predicted octanol–water partition coefficient (Wildman–Crippen LogP) is 0.856. The lowest BCUT2D eigenvalue weighted by molar-refractivity contribution is -0.132. The fourth-order valence-electron chi connectivity index (χ4n) is 2.40. The lowest BCUT2D eigenvalue weighted by Gasteiger charge is -2.27. The third kappa shape index (κ3) is 2.67. The van der Waals surface area contributed by atoms with Crippen molar-refractivity contribution >= 4 is 17.6 Å². The zero-order valence-electron chi connectivity index (χ0n) is 11.1. The van der Waals surface area contributed by atoms with E-state index in [0.717, 1.165) is 11.3 Å². The molecule has 0 fully saturated rings. The second kappa shape index (κ2) is 5.43. The number of hydrogen-bond donors (Lipinski definition) is 2. The second-order valence-corrected chi connectivity index (χ2v) is 4.88. The van der Waals surface area contributed by atoms with Gasteiger partial charge in [0.05, 0.1) is 12.6 Å². The van der Waals surface area contributed by atoms with E-state index < -0.39 is 12.1 Å². The van der Waals surface area contributed by atoms with E-state index >= 15 is 0 Å². The van der Waals surface area contributed by atoms with Crippen LogP contribution in [0.2, 0.25) is 0 Å². The summed E-state index contributed by atoms with van der Waals surface area (Å²) >= 11 is 0. The Morgan fingerprint density at radius 1 is 1.33 bits per heavy atom. The molecule has 2 heterocycles. The second-order valence-electron chi connectivity index (χ2n) is 4.88. The largest absolute Gasteiger partial charge is 0.493 e. The molecule has 0 bridgehead atoms. The van der Waals surface area contributed by atoms with E-state index in [2.05, 4.69) is 10.5 Å². The Morgan fingerprint density at radius 3 is 2.90 bits per heavy atom. The summed E-state index contributed by atoms with van der Waals surface area (Å²) in [5.41, 5.74) is 0.775. The highest BCUT2D eigenvalue weighted by Gasteiger charge is 2.33. The number of carboxylic acids is 1. The number of ether oxygens (including phenoxy) is 1. The topological polar surface area (TPSA) is 97.2 Å². The minimum atomic E-state index is -1.17. The average molecular weight is 290 g/mol. The maximum absolute atomic E-state index is 12.1. The fourth-order valence-corrected chi connectivity index (χ4v) is 2.40. The van der Waals surface area contributed by atoms with Crippen molar-refractivity contribution in [1.29, 1.82) is 0 Å². The summed E-state index contributed by atoms with van der Waals surface area (Å²) in [5.74, 6) is -0.776. The van der Waals surface area contributed by atoms with Crippen molar-refractivity contribution < 1.29 is 24.3 Å². The van der Waals surface area contributed by atoms with Crippen LogP contribution in [0, 0.1) is 0 Å². The van der Waals surface area contributed by atoms with E-state index in [9.17, 15) is 9.59 Å². The first-order valence-corrected chi connectivity index (χ1v) is 6.63. The Hall–Kier alpha value is -2.57. The van der Waals surface area contributed by atoms with Crippen molar-refractivity contribution in [2.24, 2.45) is 5.16 Å². The molecular formula is C14H14N2O5. The molecule has 3 rings (SSSR count). The lowest BCUT2D eigenvalue weighted by Crippen LogP contribution is -2.39. The molecule has 7 nitrogen and oxygen atoms in total. The van der Waals surface area contributed by atoms with E-state index in [-0.39, 0.29) is 24.1 Å². The fraction of sp³-hybridized carbons (Fsp3) is 0.357. The van der Waals surface area contributed by atoms with Crippen molar-refractivity contribution in [2.45, 2.75) is 25.0 Å². The number of aliphatic carboxylic acids is 1. The molecular weight excluding hydrogens is 276 g/mol. The zero-order valence-corrected chi connectivity index (χ0v) is 11.1. The molecule has 0 saturated carbocycles. The van der Waals surface area contributed by atoms with E-state index in [0.29, 0.717) is 13.0 Å². The van der Waals surface area contributed by atoms with Crippen LogP contribution in [0.25, 0.3) is 0 Å². The van der Waals surface area contributed by atoms with Gasteiger partial charge < -0.3 is 20.0 Å². The summed E-state index contributed by atoms with van der Waals surface area (Å²) < 4.78 is 5.53. The monoisotopic (exact) mass is 290 g/mol. The molecule has 2 unspecified atom stereocenters. The smallest absolute Gasteiger partial charge is 0.353 e. The van der Waals surface area contributed by atoms with E-state index in [1.165, 1.54) is 0 Å². The molecule has 2 aliphatic heterocycles. The molecule has 7 heteroatoms. The number of nitrogens with zero attached hydrogens (tertiary/aromatic N) is 1. The van der Waals surface area contributed by atoms with Crippen LogP contribution in [0.4, 0.5) is 0 Å². The van der Waals surface area contributed by atoms with Crippen molar-refractivity contribution in [1.82, 2.24) is 5.32 Å². The summed E-state index contributed by atoms with van der Waals surface area (Å²) in [6.45, 7) is 0.518. The third-order valence-corrected chi connectivity index (χ3v) is 3.48. The highest BCUT2D eigenvalue weighted by atomic mass is 16.6. The molecule has 2 atom stereocenters. The van der Waals surface area contributed by atoms with Gasteiger partial charge in [0.15, 0.2) is 5.71 Å². The van der Waals surface area contributed by atoms with Gasteiger partial charge in [0.25, 0.3) is 5.91 Å². The molecule has 21 heavy (non-hydrogen) atoms. The minimum absolute atomic E-state index is 0.0218. The highest BCUT2D eigenvalue weighted by Crippen LogP contribution is 2.31. The molecule has 110 valence electrons. The molecule has 0 saturated heterocycles. The van der Waals surface area contributed by atoms with Gasteiger partial charge in [-0.05, 0) is 6.07 Å². The molecule has 0 radical (unpaired) electrons. The Balaban J connectivity index is 1.66. The van der Waals surface area contributed by atoms with Gasteiger partial charge in [-0.25, -0.2) is 4.79 Å². The number of para-hydroxylation sites is 1. The summed E-state index contributed by atoms with van der Waals surface area (Å²) in [7, 11) is 0.